The molecule has 8 heteroatoms. The van der Waals surface area contributed by atoms with E-state index in [-0.39, 0.29) is 6.61 Å². The average Bonchev–Trinajstić information content (AvgIpc) is 2.89. The Balaban J connectivity index is 0. The van der Waals surface area contributed by atoms with Crippen molar-refractivity contribution in [2.45, 2.75) is 182 Å². The number of carbonyl (C=O) groups excluding carboxylic acids is 3. The second-order valence-corrected chi connectivity index (χ2v) is 12.7. The van der Waals surface area contributed by atoms with Gasteiger partial charge in [0.1, 0.15) is 0 Å². The maximum absolute atomic E-state index is 11.6. The predicted octanol–water partition coefficient (Wildman–Crippen LogP) is 8.34. The van der Waals surface area contributed by atoms with E-state index >= 15 is 0 Å². The molecule has 0 aromatic heterocycles. The third-order valence-corrected chi connectivity index (χ3v) is 6.48. The first-order valence-corrected chi connectivity index (χ1v) is 16.3. The van der Waals surface area contributed by atoms with Crippen LogP contribution in [-0.4, -0.2) is 30.1 Å². The smallest absolute Gasteiger partial charge is 0.355 e. The van der Waals surface area contributed by atoms with Gasteiger partial charge in [0.25, 0.3) is 0 Å². The van der Waals surface area contributed by atoms with Gasteiger partial charge in [-0.15, -0.1) is 0 Å². The lowest BCUT2D eigenvalue weighted by Crippen LogP contribution is -2.41. The van der Waals surface area contributed by atoms with E-state index in [1.807, 2.05) is 20.8 Å². The van der Waals surface area contributed by atoms with Crippen molar-refractivity contribution < 1.29 is 39.0 Å². The quantitative estimate of drug-likeness (QED) is 0.0629. The number of rotatable bonds is 24. The molecule has 0 fully saturated rings. The molecule has 0 aliphatic carbocycles. The Morgan fingerprint density at radius 3 is 1.15 bits per heavy atom. The first-order valence-electron chi connectivity index (χ1n) is 16.3. The first kappa shape index (κ1) is 41.5. The molecule has 0 atom stereocenters. The number of unbranched alkanes of at least 4 members (excludes halogenated alkanes) is 16. The predicted molar refractivity (Wildman–Crippen MR) is 161 cm³/mol. The van der Waals surface area contributed by atoms with Gasteiger partial charge in [-0.1, -0.05) is 130 Å². The zero-order valence-electron chi connectivity index (χ0n) is 27.6. The first-order chi connectivity index (χ1) is 19.4. The molecule has 0 bridgehead atoms. The molecule has 0 saturated carbocycles. The standard InChI is InChI=1S/C24H46O4.C9H18O4/c1-3-5-7-9-11-13-15-17-19-21-23(25)27-28-24(26)22-20-18-16-14-12-10-8-6-4-2;1-8(2,3)13-12-6-9(4,5)7(10)11/h3-22H2,1-2H3;6H2,1-5H3,(H,10,11)/p-1. The number of carboxylic acids is 1. The Morgan fingerprint density at radius 1 is 0.537 bits per heavy atom. The summed E-state index contributed by atoms with van der Waals surface area (Å²) in [7, 11) is 0. The van der Waals surface area contributed by atoms with Gasteiger partial charge in [0, 0.05) is 11.4 Å². The summed E-state index contributed by atoms with van der Waals surface area (Å²) in [5, 5.41) is 10.5. The second-order valence-electron chi connectivity index (χ2n) is 12.7. The van der Waals surface area contributed by atoms with Gasteiger partial charge < -0.3 is 9.90 Å². The largest absolute Gasteiger partial charge is 0.549 e. The topological polar surface area (TPSA) is 111 Å². The Kier molecular flexibility index (Phi) is 27.5. The van der Waals surface area contributed by atoms with Gasteiger partial charge in [0.05, 0.1) is 25.0 Å². The number of hydrogen-bond acceptors (Lipinski definition) is 8. The van der Waals surface area contributed by atoms with E-state index in [0.717, 1.165) is 38.5 Å². The SMILES string of the molecule is CC(C)(C)OOCC(C)(C)C(=O)[O-].CCCCCCCCCCCC(=O)OOC(=O)CCCCCCCCCCC. The van der Waals surface area contributed by atoms with Crippen molar-refractivity contribution in [2.24, 2.45) is 5.41 Å². The monoisotopic (exact) mass is 587 g/mol. The van der Waals surface area contributed by atoms with Crippen molar-refractivity contribution in [3.8, 4) is 0 Å². The highest BCUT2D eigenvalue weighted by Crippen LogP contribution is 2.16. The maximum Gasteiger partial charge on any atom is 0.355 e. The number of carboxylic acid groups (broad SMARTS) is 1. The summed E-state index contributed by atoms with van der Waals surface area (Å²) in [5.74, 6) is -2.00. The van der Waals surface area contributed by atoms with Gasteiger partial charge in [-0.2, -0.15) is 0 Å². The Labute approximate surface area is 251 Å². The van der Waals surface area contributed by atoms with Crippen LogP contribution in [0.1, 0.15) is 177 Å². The zero-order chi connectivity index (χ0) is 31.4. The average molecular weight is 588 g/mol. The fourth-order valence-electron chi connectivity index (χ4n) is 3.75. The van der Waals surface area contributed by atoms with Crippen LogP contribution in [0.5, 0.6) is 0 Å². The summed E-state index contributed by atoms with van der Waals surface area (Å²) < 4.78 is 0. The van der Waals surface area contributed by atoms with Gasteiger partial charge in [-0.05, 0) is 33.6 Å². The third kappa shape index (κ3) is 32.7. The van der Waals surface area contributed by atoms with E-state index < -0.39 is 28.9 Å². The number of carbonyl (C=O) groups is 3. The molecule has 0 rings (SSSR count). The van der Waals surface area contributed by atoms with Crippen LogP contribution in [0.3, 0.4) is 0 Å². The minimum Gasteiger partial charge on any atom is -0.549 e. The van der Waals surface area contributed by atoms with Gasteiger partial charge in [-0.25, -0.2) is 29.1 Å². The van der Waals surface area contributed by atoms with Crippen LogP contribution in [-0.2, 0) is 33.9 Å². The number of aliphatic carboxylic acids is 1. The molecule has 0 amide bonds. The summed E-state index contributed by atoms with van der Waals surface area (Å²) in [6, 6.07) is 0. The lowest BCUT2D eigenvalue weighted by atomic mass is 9.96. The summed E-state index contributed by atoms with van der Waals surface area (Å²) in [6.45, 7) is 12.9. The molecule has 244 valence electrons. The molecule has 41 heavy (non-hydrogen) atoms. The van der Waals surface area contributed by atoms with Gasteiger partial charge in [0.15, 0.2) is 0 Å². The molecule has 0 aromatic carbocycles. The Bertz CT molecular complexity index is 606. The lowest BCUT2D eigenvalue weighted by Gasteiger charge is -2.26. The van der Waals surface area contributed by atoms with Crippen LogP contribution >= 0.6 is 0 Å². The highest BCUT2D eigenvalue weighted by Gasteiger charge is 2.22. The molecule has 0 spiro atoms. The Hall–Kier alpha value is -1.67. The van der Waals surface area contributed by atoms with E-state index in [0.29, 0.717) is 12.8 Å². The van der Waals surface area contributed by atoms with Crippen molar-refractivity contribution >= 4 is 17.9 Å². The van der Waals surface area contributed by atoms with E-state index in [9.17, 15) is 19.5 Å². The molecule has 0 radical (unpaired) electrons. The van der Waals surface area contributed by atoms with Crippen LogP contribution in [0.4, 0.5) is 0 Å². The molecule has 0 aliphatic rings. The van der Waals surface area contributed by atoms with Gasteiger partial charge in [0.2, 0.25) is 0 Å². The van der Waals surface area contributed by atoms with Crippen LogP contribution < -0.4 is 5.11 Å². The molecule has 0 aliphatic heterocycles. The fourth-order valence-corrected chi connectivity index (χ4v) is 3.75. The van der Waals surface area contributed by atoms with E-state index in [1.54, 1.807) is 0 Å². The molecule has 0 aromatic rings. The van der Waals surface area contributed by atoms with Crippen molar-refractivity contribution in [1.82, 2.24) is 0 Å². The molecule has 8 nitrogen and oxygen atoms in total. The molecular formula is C33H63O8-. The van der Waals surface area contributed by atoms with Gasteiger partial charge in [-0.3, -0.25) is 0 Å². The van der Waals surface area contributed by atoms with Crippen molar-refractivity contribution in [1.29, 1.82) is 0 Å². The minimum absolute atomic E-state index is 0.0212. The third-order valence-electron chi connectivity index (χ3n) is 6.48. The second kappa shape index (κ2) is 27.2. The highest BCUT2D eigenvalue weighted by atomic mass is 17.2. The molecule has 0 unspecified atom stereocenters. The molecule has 0 saturated heterocycles. The van der Waals surface area contributed by atoms with Crippen LogP contribution in [0.15, 0.2) is 0 Å². The van der Waals surface area contributed by atoms with E-state index in [4.69, 9.17) is 9.78 Å². The minimum atomic E-state index is -1.15. The highest BCUT2D eigenvalue weighted by molar-refractivity contribution is 5.72. The summed E-state index contributed by atoms with van der Waals surface area (Å²) in [4.78, 5) is 52.7. The zero-order valence-corrected chi connectivity index (χ0v) is 27.6. The van der Waals surface area contributed by atoms with Crippen LogP contribution in [0.2, 0.25) is 0 Å². The normalized spacial score (nSPS) is 11.5. The summed E-state index contributed by atoms with van der Waals surface area (Å²) in [6.07, 6.45) is 22.3. The van der Waals surface area contributed by atoms with Crippen molar-refractivity contribution in [3.05, 3.63) is 0 Å². The summed E-state index contributed by atoms with van der Waals surface area (Å²) >= 11 is 0. The van der Waals surface area contributed by atoms with Crippen molar-refractivity contribution in [2.75, 3.05) is 6.61 Å². The lowest BCUT2D eigenvalue weighted by molar-refractivity contribution is -0.368. The number of hydrogen-bond donors (Lipinski definition) is 0. The van der Waals surface area contributed by atoms with Crippen molar-refractivity contribution in [3.63, 3.8) is 0 Å². The van der Waals surface area contributed by atoms with E-state index in [1.165, 1.54) is 90.9 Å². The Morgan fingerprint density at radius 2 is 0.854 bits per heavy atom. The van der Waals surface area contributed by atoms with Crippen LogP contribution in [0, 0.1) is 5.41 Å². The molecular weight excluding hydrogens is 524 g/mol. The molecule has 0 heterocycles. The summed E-state index contributed by atoms with van der Waals surface area (Å²) in [5.41, 5.74) is -1.45. The molecule has 0 N–H and O–H groups in total. The fraction of sp³-hybridized carbons (Fsp3) is 0.909. The van der Waals surface area contributed by atoms with E-state index in [2.05, 4.69) is 23.6 Å². The maximum atomic E-state index is 11.6. The van der Waals surface area contributed by atoms with Crippen LogP contribution in [0.25, 0.3) is 0 Å². The van der Waals surface area contributed by atoms with Gasteiger partial charge >= 0.3 is 11.9 Å².